The highest BCUT2D eigenvalue weighted by Gasteiger charge is 2.71. The predicted octanol–water partition coefficient (Wildman–Crippen LogP) is -0.214. The fourth-order valence-corrected chi connectivity index (χ4v) is 5.21. The van der Waals surface area contributed by atoms with Crippen molar-refractivity contribution >= 4 is 17.7 Å². The van der Waals surface area contributed by atoms with Crippen LogP contribution >= 0.6 is 0 Å². The van der Waals surface area contributed by atoms with Crippen LogP contribution in [0.5, 0.6) is 0 Å². The average Bonchev–Trinajstić information content (AvgIpc) is 3.02. The standard InChI is InChI=1S/C21H29N3O5/c1-3-4-10-23-11-6-8-21-16(19(27)24(12-13-25)17(21)20(23)28)15-14(29-21)7-5-9-22(2)18(15)26/h5-8,14-17,25H,3-4,9-13H2,1-2H3/t14-,15+,16-,17?,21-/m0/s1. The normalized spacial score (nSPS) is 36.2. The van der Waals surface area contributed by atoms with Gasteiger partial charge in [0.15, 0.2) is 0 Å². The summed E-state index contributed by atoms with van der Waals surface area (Å²) in [7, 11) is 1.71. The van der Waals surface area contributed by atoms with Crippen LogP contribution in [-0.4, -0.2) is 95.1 Å². The maximum atomic E-state index is 13.5. The summed E-state index contributed by atoms with van der Waals surface area (Å²) in [6.45, 7) is 3.38. The maximum absolute atomic E-state index is 13.5. The van der Waals surface area contributed by atoms with Crippen LogP contribution in [-0.2, 0) is 19.1 Å². The number of ether oxygens (including phenoxy) is 1. The van der Waals surface area contributed by atoms with Gasteiger partial charge in [-0.25, -0.2) is 0 Å². The number of likely N-dealkylation sites (tertiary alicyclic amines) is 1. The molecule has 0 aromatic heterocycles. The minimum atomic E-state index is -1.18. The van der Waals surface area contributed by atoms with Gasteiger partial charge in [-0.1, -0.05) is 37.6 Å². The number of hydrogen-bond donors (Lipinski definition) is 1. The highest BCUT2D eigenvalue weighted by atomic mass is 16.5. The first-order chi connectivity index (χ1) is 14.0. The molecule has 4 heterocycles. The smallest absolute Gasteiger partial charge is 0.249 e. The lowest BCUT2D eigenvalue weighted by atomic mass is 9.77. The molecule has 4 aliphatic rings. The molecule has 1 unspecified atom stereocenters. The van der Waals surface area contributed by atoms with Gasteiger partial charge >= 0.3 is 0 Å². The maximum Gasteiger partial charge on any atom is 0.249 e. The zero-order valence-corrected chi connectivity index (χ0v) is 17.0. The Morgan fingerprint density at radius 1 is 1.14 bits per heavy atom. The fraction of sp³-hybridized carbons (Fsp3) is 0.667. The van der Waals surface area contributed by atoms with Crippen LogP contribution < -0.4 is 0 Å². The topological polar surface area (TPSA) is 90.4 Å². The predicted molar refractivity (Wildman–Crippen MR) is 105 cm³/mol. The van der Waals surface area contributed by atoms with E-state index in [9.17, 15) is 19.5 Å². The number of nitrogens with zero attached hydrogens (tertiary/aromatic N) is 3. The van der Waals surface area contributed by atoms with E-state index in [4.69, 9.17) is 4.74 Å². The van der Waals surface area contributed by atoms with Gasteiger partial charge in [0.2, 0.25) is 17.7 Å². The summed E-state index contributed by atoms with van der Waals surface area (Å²) in [5.74, 6) is -2.05. The summed E-state index contributed by atoms with van der Waals surface area (Å²) < 4.78 is 6.42. The molecule has 3 amide bonds. The molecule has 1 spiro atoms. The van der Waals surface area contributed by atoms with Gasteiger partial charge in [-0.05, 0) is 6.42 Å². The van der Waals surface area contributed by atoms with Crippen molar-refractivity contribution in [3.05, 3.63) is 24.3 Å². The lowest BCUT2D eigenvalue weighted by molar-refractivity contribution is -0.148. The third kappa shape index (κ3) is 2.92. The molecular weight excluding hydrogens is 374 g/mol. The number of carbonyl (C=O) groups excluding carboxylic acids is 3. The molecule has 2 fully saturated rings. The molecule has 0 aliphatic carbocycles. The van der Waals surface area contributed by atoms with Crippen LogP contribution in [0.2, 0.25) is 0 Å². The Morgan fingerprint density at radius 3 is 2.66 bits per heavy atom. The summed E-state index contributed by atoms with van der Waals surface area (Å²) in [6.07, 6.45) is 8.72. The number of carbonyl (C=O) groups is 3. The molecular formula is C21H29N3O5. The summed E-state index contributed by atoms with van der Waals surface area (Å²) in [6, 6.07) is -0.860. The first-order valence-electron chi connectivity index (χ1n) is 10.4. The number of β-amino-alcohol motifs (C(OH)–C–C–N with tert-alkyl or cyclic N) is 1. The van der Waals surface area contributed by atoms with Crippen LogP contribution in [0, 0.1) is 11.8 Å². The van der Waals surface area contributed by atoms with E-state index in [1.807, 2.05) is 24.3 Å². The van der Waals surface area contributed by atoms with Gasteiger partial charge in [0, 0.05) is 33.2 Å². The van der Waals surface area contributed by atoms with E-state index in [0.29, 0.717) is 19.6 Å². The molecule has 4 aliphatic heterocycles. The Bertz CT molecular complexity index is 765. The molecule has 0 bridgehead atoms. The minimum Gasteiger partial charge on any atom is -0.395 e. The van der Waals surface area contributed by atoms with E-state index in [2.05, 4.69) is 6.92 Å². The number of rotatable bonds is 5. The van der Waals surface area contributed by atoms with E-state index in [-0.39, 0.29) is 30.9 Å². The second kappa shape index (κ2) is 7.57. The van der Waals surface area contributed by atoms with Crippen molar-refractivity contribution in [2.75, 3.05) is 39.8 Å². The molecule has 8 nitrogen and oxygen atoms in total. The van der Waals surface area contributed by atoms with Gasteiger partial charge in [0.05, 0.1) is 24.5 Å². The largest absolute Gasteiger partial charge is 0.395 e. The van der Waals surface area contributed by atoms with Crippen LogP contribution in [0.3, 0.4) is 0 Å². The zero-order chi connectivity index (χ0) is 20.8. The van der Waals surface area contributed by atoms with E-state index < -0.39 is 29.6 Å². The van der Waals surface area contributed by atoms with Crippen molar-refractivity contribution in [2.45, 2.75) is 37.5 Å². The van der Waals surface area contributed by atoms with E-state index in [0.717, 1.165) is 12.8 Å². The lowest BCUT2D eigenvalue weighted by Crippen LogP contribution is -2.55. The molecule has 0 aromatic carbocycles. The molecule has 8 heteroatoms. The highest BCUT2D eigenvalue weighted by molar-refractivity contribution is 5.99. The first-order valence-corrected chi connectivity index (χ1v) is 10.4. The van der Waals surface area contributed by atoms with Crippen molar-refractivity contribution in [3.8, 4) is 0 Å². The Hall–Kier alpha value is -2.19. The molecule has 158 valence electrons. The first kappa shape index (κ1) is 20.1. The third-order valence-electron chi connectivity index (χ3n) is 6.57. The van der Waals surface area contributed by atoms with Gasteiger partial charge in [-0.15, -0.1) is 0 Å². The van der Waals surface area contributed by atoms with Crippen molar-refractivity contribution in [1.82, 2.24) is 14.7 Å². The average molecular weight is 403 g/mol. The molecule has 4 rings (SSSR count). The number of aliphatic hydroxyl groups excluding tert-OH is 1. The number of likely N-dealkylation sites (N-methyl/N-ethyl adjacent to an activating group) is 1. The monoisotopic (exact) mass is 403 g/mol. The molecule has 1 N–H and O–H groups in total. The number of aliphatic hydroxyl groups is 1. The summed E-state index contributed by atoms with van der Waals surface area (Å²) >= 11 is 0. The zero-order valence-electron chi connectivity index (χ0n) is 17.0. The van der Waals surface area contributed by atoms with Gasteiger partial charge in [-0.3, -0.25) is 14.4 Å². The molecule has 2 saturated heterocycles. The Balaban J connectivity index is 1.79. The summed E-state index contributed by atoms with van der Waals surface area (Å²) in [4.78, 5) is 44.9. The molecule has 0 aromatic rings. The van der Waals surface area contributed by atoms with Crippen molar-refractivity contribution in [1.29, 1.82) is 0 Å². The minimum absolute atomic E-state index is 0.0452. The second-order valence-electron chi connectivity index (χ2n) is 8.28. The quantitative estimate of drug-likeness (QED) is 0.642. The number of unbranched alkanes of at least 4 members (excludes halogenated alkanes) is 1. The molecule has 0 radical (unpaired) electrons. The third-order valence-corrected chi connectivity index (χ3v) is 6.57. The van der Waals surface area contributed by atoms with E-state index >= 15 is 0 Å². The van der Waals surface area contributed by atoms with Crippen LogP contribution in [0.15, 0.2) is 24.3 Å². The van der Waals surface area contributed by atoms with E-state index in [1.165, 1.54) is 4.90 Å². The Kier molecular flexibility index (Phi) is 5.25. The Morgan fingerprint density at radius 2 is 1.93 bits per heavy atom. The molecule has 0 saturated carbocycles. The van der Waals surface area contributed by atoms with Crippen molar-refractivity contribution in [3.63, 3.8) is 0 Å². The molecule has 5 atom stereocenters. The Labute approximate surface area is 170 Å². The number of amides is 3. The van der Waals surface area contributed by atoms with Gasteiger partial charge < -0.3 is 24.5 Å². The lowest BCUT2D eigenvalue weighted by Gasteiger charge is -2.35. The number of fused-ring (bicyclic) bond motifs is 2. The summed E-state index contributed by atoms with van der Waals surface area (Å²) in [5.41, 5.74) is -1.18. The summed E-state index contributed by atoms with van der Waals surface area (Å²) in [5, 5.41) is 9.57. The van der Waals surface area contributed by atoms with Gasteiger partial charge in [-0.2, -0.15) is 0 Å². The van der Waals surface area contributed by atoms with Gasteiger partial charge in [0.25, 0.3) is 0 Å². The fourth-order valence-electron chi connectivity index (χ4n) is 5.21. The van der Waals surface area contributed by atoms with Crippen LogP contribution in [0.4, 0.5) is 0 Å². The molecule has 29 heavy (non-hydrogen) atoms. The second-order valence-corrected chi connectivity index (χ2v) is 8.28. The van der Waals surface area contributed by atoms with Crippen LogP contribution in [0.25, 0.3) is 0 Å². The van der Waals surface area contributed by atoms with Gasteiger partial charge in [0.1, 0.15) is 11.6 Å². The van der Waals surface area contributed by atoms with Crippen molar-refractivity contribution in [2.24, 2.45) is 11.8 Å². The number of hydrogen-bond acceptors (Lipinski definition) is 5. The van der Waals surface area contributed by atoms with Crippen molar-refractivity contribution < 1.29 is 24.2 Å². The highest BCUT2D eigenvalue weighted by Crippen LogP contribution is 2.53. The SMILES string of the molecule is CCCCN1CC=C[C@]23O[C@H]4C=CCN(C)C(=O)[C@H]4[C@H]2C(=O)N(CCO)C3C1=O. The van der Waals surface area contributed by atoms with Crippen LogP contribution in [0.1, 0.15) is 19.8 Å². The van der Waals surface area contributed by atoms with E-state index in [1.54, 1.807) is 16.8 Å².